The molecule has 1 aromatic carbocycles. The highest BCUT2D eigenvalue weighted by Crippen LogP contribution is 2.28. The van der Waals surface area contributed by atoms with Crippen LogP contribution in [0.3, 0.4) is 0 Å². The van der Waals surface area contributed by atoms with Gasteiger partial charge in [-0.25, -0.2) is 5.01 Å². The van der Waals surface area contributed by atoms with Crippen LogP contribution in [0.1, 0.15) is 56.6 Å². The number of benzene rings is 1. The van der Waals surface area contributed by atoms with Crippen LogP contribution >= 0.6 is 0 Å². The lowest BCUT2D eigenvalue weighted by molar-refractivity contribution is -0.125. The fourth-order valence-corrected chi connectivity index (χ4v) is 3.84. The number of hydrazone groups is 1. The van der Waals surface area contributed by atoms with Crippen molar-refractivity contribution in [3.05, 3.63) is 29.3 Å². The number of amides is 2. The molecule has 5 heteroatoms. The molecule has 1 aliphatic carbocycles. The average Bonchev–Trinajstić information content (AvgIpc) is 2.64. The maximum atomic E-state index is 13.0. The number of rotatable bonds is 3. The normalized spacial score (nSPS) is 23.6. The summed E-state index contributed by atoms with van der Waals surface area (Å²) in [7, 11) is 1.88. The maximum absolute atomic E-state index is 13.0. The molecule has 0 atom stereocenters. The topological polar surface area (TPSA) is 53.0 Å². The lowest BCUT2D eigenvalue weighted by atomic mass is 9.86. The van der Waals surface area contributed by atoms with Crippen LogP contribution in [0.2, 0.25) is 0 Å². The third kappa shape index (κ3) is 3.81. The number of hydrogen-bond donors (Lipinski definition) is 0. The molecule has 0 spiro atoms. The van der Waals surface area contributed by atoms with Gasteiger partial charge in [0, 0.05) is 25.9 Å². The molecular formula is C21H29N3O2. The Morgan fingerprint density at radius 1 is 1.15 bits per heavy atom. The average molecular weight is 355 g/mol. The molecule has 1 aromatic rings. The molecule has 1 fully saturated rings. The van der Waals surface area contributed by atoms with Crippen molar-refractivity contribution in [2.24, 2.45) is 11.0 Å². The van der Waals surface area contributed by atoms with E-state index < -0.39 is 0 Å². The number of carbonyl (C=O) groups excluding carboxylic acids is 2. The molecule has 0 bridgehead atoms. The van der Waals surface area contributed by atoms with Crippen molar-refractivity contribution in [3.8, 4) is 0 Å². The molecule has 5 nitrogen and oxygen atoms in total. The van der Waals surface area contributed by atoms with Gasteiger partial charge in [-0.05, 0) is 62.6 Å². The van der Waals surface area contributed by atoms with Crippen LogP contribution < -0.4 is 5.01 Å². The molecular weight excluding hydrogens is 326 g/mol. The van der Waals surface area contributed by atoms with E-state index in [9.17, 15) is 9.59 Å². The van der Waals surface area contributed by atoms with E-state index in [0.29, 0.717) is 18.6 Å². The van der Waals surface area contributed by atoms with Gasteiger partial charge in [-0.2, -0.15) is 5.10 Å². The Morgan fingerprint density at radius 2 is 1.85 bits per heavy atom. The number of aryl methyl sites for hydroxylation is 2. The second-order valence-corrected chi connectivity index (χ2v) is 7.87. The van der Waals surface area contributed by atoms with Gasteiger partial charge in [-0.15, -0.1) is 0 Å². The minimum Gasteiger partial charge on any atom is -0.338 e. The maximum Gasteiger partial charge on any atom is 0.270 e. The van der Waals surface area contributed by atoms with Crippen molar-refractivity contribution in [1.82, 2.24) is 4.90 Å². The van der Waals surface area contributed by atoms with Gasteiger partial charge in [0.25, 0.3) is 5.91 Å². The van der Waals surface area contributed by atoms with Crippen molar-refractivity contribution in [2.75, 3.05) is 12.1 Å². The summed E-state index contributed by atoms with van der Waals surface area (Å²) in [5.41, 5.74) is 3.32. The highest BCUT2D eigenvalue weighted by Gasteiger charge is 2.31. The van der Waals surface area contributed by atoms with Crippen LogP contribution in [0.4, 0.5) is 5.69 Å². The van der Waals surface area contributed by atoms with Crippen molar-refractivity contribution >= 4 is 23.2 Å². The summed E-state index contributed by atoms with van der Waals surface area (Å²) in [5, 5.41) is 5.90. The van der Waals surface area contributed by atoms with E-state index in [4.69, 9.17) is 0 Å². The lowest BCUT2D eigenvalue weighted by Gasteiger charge is -2.34. The number of nitrogens with zero attached hydrogens (tertiary/aromatic N) is 3. The Hall–Kier alpha value is -2.17. The molecule has 1 heterocycles. The van der Waals surface area contributed by atoms with Crippen LogP contribution in [-0.4, -0.2) is 35.5 Å². The van der Waals surface area contributed by atoms with Crippen LogP contribution in [0.5, 0.6) is 0 Å². The summed E-state index contributed by atoms with van der Waals surface area (Å²) >= 11 is 0. The SMILES string of the molecule is Cc1ccc(C)c(N2N=C(C(=O)N(C)C3CCC(C)CC3)CCC2=O)c1. The fraction of sp³-hybridized carbons (Fsp3) is 0.571. The molecule has 0 saturated heterocycles. The minimum absolute atomic E-state index is 0.0349. The Kier molecular flexibility index (Phi) is 5.44. The van der Waals surface area contributed by atoms with Crippen molar-refractivity contribution in [1.29, 1.82) is 0 Å². The molecule has 0 N–H and O–H groups in total. The molecule has 2 aliphatic rings. The first-order valence-corrected chi connectivity index (χ1v) is 9.61. The smallest absolute Gasteiger partial charge is 0.270 e. The van der Waals surface area contributed by atoms with Gasteiger partial charge in [-0.3, -0.25) is 9.59 Å². The third-order valence-corrected chi connectivity index (χ3v) is 5.73. The number of anilines is 1. The Bertz CT molecular complexity index is 733. The molecule has 26 heavy (non-hydrogen) atoms. The second kappa shape index (κ2) is 7.60. The van der Waals surface area contributed by atoms with Crippen molar-refractivity contribution in [3.63, 3.8) is 0 Å². The third-order valence-electron chi connectivity index (χ3n) is 5.73. The standard InChI is InChI=1S/C21H29N3O2/c1-14-6-9-17(10-7-14)23(4)21(26)18-11-12-20(25)24(22-18)19-13-15(2)5-8-16(19)3/h5,8,13-14,17H,6-7,9-12H2,1-4H3. The molecule has 0 unspecified atom stereocenters. The van der Waals surface area contributed by atoms with Crippen molar-refractivity contribution in [2.45, 2.75) is 65.3 Å². The summed E-state index contributed by atoms with van der Waals surface area (Å²) in [4.78, 5) is 27.2. The van der Waals surface area contributed by atoms with Crippen LogP contribution in [0.25, 0.3) is 0 Å². The molecule has 1 aliphatic heterocycles. The molecule has 0 aromatic heterocycles. The van der Waals surface area contributed by atoms with E-state index in [1.807, 2.05) is 44.0 Å². The molecule has 0 radical (unpaired) electrons. The van der Waals surface area contributed by atoms with E-state index >= 15 is 0 Å². The van der Waals surface area contributed by atoms with Gasteiger partial charge >= 0.3 is 0 Å². The Labute approximate surface area is 156 Å². The molecule has 140 valence electrons. The van der Waals surface area contributed by atoms with Gasteiger partial charge < -0.3 is 4.90 Å². The predicted molar refractivity (Wildman–Crippen MR) is 104 cm³/mol. The second-order valence-electron chi connectivity index (χ2n) is 7.87. The van der Waals surface area contributed by atoms with E-state index in [1.54, 1.807) is 0 Å². The first kappa shape index (κ1) is 18.6. The zero-order chi connectivity index (χ0) is 18.8. The van der Waals surface area contributed by atoms with E-state index in [0.717, 1.165) is 35.6 Å². The molecule has 3 rings (SSSR count). The van der Waals surface area contributed by atoms with Gasteiger partial charge in [0.1, 0.15) is 5.71 Å². The minimum atomic E-state index is -0.0515. The zero-order valence-corrected chi connectivity index (χ0v) is 16.3. The van der Waals surface area contributed by atoms with Gasteiger partial charge in [-0.1, -0.05) is 19.1 Å². The molecule has 1 saturated carbocycles. The zero-order valence-electron chi connectivity index (χ0n) is 16.3. The summed E-state index contributed by atoms with van der Waals surface area (Å²) in [6.45, 7) is 6.23. The van der Waals surface area contributed by atoms with Crippen LogP contribution in [0.15, 0.2) is 23.3 Å². The number of hydrogen-bond acceptors (Lipinski definition) is 3. The van der Waals surface area contributed by atoms with Gasteiger partial charge in [0.2, 0.25) is 5.91 Å². The van der Waals surface area contributed by atoms with Gasteiger partial charge in [0.05, 0.1) is 5.69 Å². The highest BCUT2D eigenvalue weighted by molar-refractivity contribution is 6.40. The first-order valence-electron chi connectivity index (χ1n) is 9.61. The van der Waals surface area contributed by atoms with Crippen molar-refractivity contribution < 1.29 is 9.59 Å². The first-order chi connectivity index (χ1) is 12.4. The predicted octanol–water partition coefficient (Wildman–Crippen LogP) is 3.82. The summed E-state index contributed by atoms with van der Waals surface area (Å²) in [6.07, 6.45) is 5.19. The number of carbonyl (C=O) groups is 2. The van der Waals surface area contributed by atoms with Crippen LogP contribution in [-0.2, 0) is 9.59 Å². The summed E-state index contributed by atoms with van der Waals surface area (Å²) < 4.78 is 0. The fourth-order valence-electron chi connectivity index (χ4n) is 3.84. The van der Waals surface area contributed by atoms with E-state index in [2.05, 4.69) is 12.0 Å². The highest BCUT2D eigenvalue weighted by atomic mass is 16.2. The summed E-state index contributed by atoms with van der Waals surface area (Å²) in [5.74, 6) is 0.663. The Morgan fingerprint density at radius 3 is 2.54 bits per heavy atom. The summed E-state index contributed by atoms with van der Waals surface area (Å²) in [6, 6.07) is 6.24. The van der Waals surface area contributed by atoms with Crippen LogP contribution in [0, 0.1) is 19.8 Å². The lowest BCUT2D eigenvalue weighted by Crippen LogP contribution is -2.45. The van der Waals surface area contributed by atoms with E-state index in [-0.39, 0.29) is 17.9 Å². The van der Waals surface area contributed by atoms with E-state index in [1.165, 1.54) is 17.9 Å². The monoisotopic (exact) mass is 355 g/mol. The Balaban J connectivity index is 1.81. The quantitative estimate of drug-likeness (QED) is 0.827. The van der Waals surface area contributed by atoms with Gasteiger partial charge in [0.15, 0.2) is 0 Å². The largest absolute Gasteiger partial charge is 0.338 e. The molecule has 2 amide bonds.